The molecule has 0 spiro atoms. The van der Waals surface area contributed by atoms with Gasteiger partial charge in [-0.2, -0.15) is 0 Å². The zero-order valence-electron chi connectivity index (χ0n) is 38.1. The Morgan fingerprint density at radius 2 is 0.581 bits per heavy atom. The Hall–Kier alpha value is -5.12. The molecule has 4 aromatic rings. The predicted molar refractivity (Wildman–Crippen MR) is 251 cm³/mol. The van der Waals surface area contributed by atoms with Crippen LogP contribution in [0.5, 0.6) is 34.5 Å². The van der Waals surface area contributed by atoms with Crippen molar-refractivity contribution in [2.45, 2.75) is 130 Å². The van der Waals surface area contributed by atoms with Gasteiger partial charge >= 0.3 is 11.9 Å². The number of rotatable bonds is 34. The van der Waals surface area contributed by atoms with Gasteiger partial charge in [0, 0.05) is 12.2 Å². The number of unbranched alkanes of at least 4 members (excludes halogenated alkanes) is 12. The molecular formula is C52H72O10. The van der Waals surface area contributed by atoms with E-state index in [2.05, 4.69) is 53.0 Å². The summed E-state index contributed by atoms with van der Waals surface area (Å²) in [6.07, 6.45) is 19.4. The normalized spacial score (nSPS) is 11.1. The summed E-state index contributed by atoms with van der Waals surface area (Å²) in [4.78, 5) is 23.7. The van der Waals surface area contributed by atoms with Crippen LogP contribution < -0.4 is 28.4 Å². The van der Waals surface area contributed by atoms with E-state index in [4.69, 9.17) is 37.9 Å². The number of ether oxygens (including phenoxy) is 8. The van der Waals surface area contributed by atoms with Crippen molar-refractivity contribution in [3.63, 3.8) is 0 Å². The zero-order valence-corrected chi connectivity index (χ0v) is 38.1. The van der Waals surface area contributed by atoms with Crippen molar-refractivity contribution in [2.75, 3.05) is 52.9 Å². The summed E-state index contributed by atoms with van der Waals surface area (Å²) in [6, 6.07) is 12.3. The maximum atomic E-state index is 11.9. The fraction of sp³-hybridized carbons (Fsp3) is 0.538. The summed E-state index contributed by atoms with van der Waals surface area (Å²) in [6.45, 7) is 18.3. The van der Waals surface area contributed by atoms with Gasteiger partial charge in [0.2, 0.25) is 0 Å². The highest BCUT2D eigenvalue weighted by Crippen LogP contribution is 2.47. The summed E-state index contributed by atoms with van der Waals surface area (Å²) < 4.78 is 49.3. The van der Waals surface area contributed by atoms with Gasteiger partial charge in [-0.3, -0.25) is 0 Å². The van der Waals surface area contributed by atoms with E-state index in [9.17, 15) is 9.59 Å². The monoisotopic (exact) mass is 857 g/mol. The quantitative estimate of drug-likeness (QED) is 0.0195. The van der Waals surface area contributed by atoms with Gasteiger partial charge in [-0.1, -0.05) is 118 Å². The molecule has 0 aromatic heterocycles. The lowest BCUT2D eigenvalue weighted by Crippen LogP contribution is -2.11. The van der Waals surface area contributed by atoms with Crippen molar-refractivity contribution >= 4 is 44.3 Å². The topological polar surface area (TPSA) is 108 Å². The number of esters is 2. The van der Waals surface area contributed by atoms with Crippen molar-refractivity contribution in [3.8, 4) is 34.5 Å². The molecule has 0 unspecified atom stereocenters. The van der Waals surface area contributed by atoms with E-state index in [0.29, 0.717) is 60.9 Å². The number of hydrogen-bond donors (Lipinski definition) is 0. The van der Waals surface area contributed by atoms with Gasteiger partial charge in [-0.05, 0) is 94.4 Å². The van der Waals surface area contributed by atoms with Crippen molar-refractivity contribution < 1.29 is 47.5 Å². The average molecular weight is 857 g/mol. The lowest BCUT2D eigenvalue weighted by atomic mass is 9.93. The molecule has 10 nitrogen and oxygen atoms in total. The minimum atomic E-state index is -0.514. The standard InChI is InChI=1S/C52H72O10/c1-7-13-17-21-25-55-45-33-39-40(34-46(45)56-26-22-18-14-8-2)42-36-48(58-28-24-20-16-10-4)50(60-30-32-62-52(54)12-6)38-44(42)43-37-49(59-29-31-61-51(53)11-5)47(35-41(39)43)57-27-23-19-15-9-3/h11-12,33-38H,5-10,13-32H2,1-4H3. The van der Waals surface area contributed by atoms with Crippen LogP contribution in [0.15, 0.2) is 61.7 Å². The van der Waals surface area contributed by atoms with Crippen LogP contribution in [0.3, 0.4) is 0 Å². The third-order valence-electron chi connectivity index (χ3n) is 10.6. The molecule has 0 fully saturated rings. The Balaban J connectivity index is 1.97. The number of fused-ring (bicyclic) bond motifs is 6. The van der Waals surface area contributed by atoms with Crippen molar-refractivity contribution in [3.05, 3.63) is 61.7 Å². The predicted octanol–water partition coefficient (Wildman–Crippen LogP) is 13.2. The number of carbonyl (C=O) groups is 2. The SMILES string of the molecule is C=CC(=O)OCCOc1cc2c(cc1OCCCCCC)c1cc(OCCCCCC)c(OCCCCCC)cc1c1cc(OCCCCCC)c(OCCOC(=O)C=C)cc12. The fourth-order valence-electron chi connectivity index (χ4n) is 7.24. The van der Waals surface area contributed by atoms with Crippen LogP contribution in [0.4, 0.5) is 0 Å². The second-order valence-corrected chi connectivity index (χ2v) is 15.6. The van der Waals surface area contributed by atoms with Crippen molar-refractivity contribution in [2.24, 2.45) is 0 Å². The van der Waals surface area contributed by atoms with Gasteiger partial charge < -0.3 is 37.9 Å². The maximum absolute atomic E-state index is 11.9. The van der Waals surface area contributed by atoms with E-state index in [1.165, 1.54) is 0 Å². The molecule has 10 heteroatoms. The maximum Gasteiger partial charge on any atom is 0.330 e. The largest absolute Gasteiger partial charge is 0.490 e. The second kappa shape index (κ2) is 28.5. The average Bonchev–Trinajstić information content (AvgIpc) is 3.28. The molecule has 62 heavy (non-hydrogen) atoms. The zero-order chi connectivity index (χ0) is 44.4. The van der Waals surface area contributed by atoms with E-state index in [0.717, 1.165) is 147 Å². The molecule has 0 N–H and O–H groups in total. The van der Waals surface area contributed by atoms with E-state index >= 15 is 0 Å². The second-order valence-electron chi connectivity index (χ2n) is 15.6. The van der Waals surface area contributed by atoms with Gasteiger partial charge in [-0.25, -0.2) is 9.59 Å². The molecule has 0 saturated heterocycles. The molecule has 0 aliphatic carbocycles. The van der Waals surface area contributed by atoms with E-state index in [1.54, 1.807) is 0 Å². The third kappa shape index (κ3) is 15.7. The minimum Gasteiger partial charge on any atom is -0.490 e. The summed E-state index contributed by atoms with van der Waals surface area (Å²) in [5, 5.41) is 5.59. The summed E-state index contributed by atoms with van der Waals surface area (Å²) in [7, 11) is 0. The Labute approximate surface area is 370 Å². The Morgan fingerprint density at radius 3 is 0.790 bits per heavy atom. The molecule has 0 atom stereocenters. The fourth-order valence-corrected chi connectivity index (χ4v) is 7.24. The van der Waals surface area contributed by atoms with E-state index < -0.39 is 11.9 Å². The number of benzene rings is 4. The number of hydrogen-bond acceptors (Lipinski definition) is 10. The highest BCUT2D eigenvalue weighted by Gasteiger charge is 2.21. The van der Waals surface area contributed by atoms with Crippen LogP contribution in [0.2, 0.25) is 0 Å². The first-order chi connectivity index (χ1) is 30.4. The molecule has 340 valence electrons. The lowest BCUT2D eigenvalue weighted by molar-refractivity contribution is -0.139. The third-order valence-corrected chi connectivity index (χ3v) is 10.6. The molecule has 4 rings (SSSR count). The lowest BCUT2D eigenvalue weighted by Gasteiger charge is -2.21. The van der Waals surface area contributed by atoms with Crippen molar-refractivity contribution in [1.29, 1.82) is 0 Å². The minimum absolute atomic E-state index is 0.0465. The molecule has 0 heterocycles. The molecule has 0 saturated carbocycles. The smallest absolute Gasteiger partial charge is 0.330 e. The Kier molecular flexibility index (Phi) is 22.7. The van der Waals surface area contributed by atoms with E-state index in [-0.39, 0.29) is 26.4 Å². The van der Waals surface area contributed by atoms with Crippen LogP contribution in [0.1, 0.15) is 130 Å². The van der Waals surface area contributed by atoms with Crippen LogP contribution in [-0.4, -0.2) is 64.8 Å². The first-order valence-electron chi connectivity index (χ1n) is 23.3. The molecule has 0 bridgehead atoms. The van der Waals surface area contributed by atoms with Gasteiger partial charge in [0.1, 0.15) is 26.4 Å². The molecule has 0 amide bonds. The molecule has 0 radical (unpaired) electrons. The molecular weight excluding hydrogens is 785 g/mol. The van der Waals surface area contributed by atoms with Crippen molar-refractivity contribution in [1.82, 2.24) is 0 Å². The molecule has 4 aromatic carbocycles. The van der Waals surface area contributed by atoms with Crippen LogP contribution in [0.25, 0.3) is 32.3 Å². The Morgan fingerprint density at radius 1 is 0.355 bits per heavy atom. The Bertz CT molecular complexity index is 1860. The van der Waals surface area contributed by atoms with Gasteiger partial charge in [0.15, 0.2) is 34.5 Å². The summed E-state index contributed by atoms with van der Waals surface area (Å²) in [5.74, 6) is 2.62. The molecule has 0 aliphatic rings. The summed E-state index contributed by atoms with van der Waals surface area (Å²) in [5.41, 5.74) is 0. The number of carbonyl (C=O) groups excluding carboxylic acids is 2. The first kappa shape index (κ1) is 49.5. The van der Waals surface area contributed by atoms with Crippen LogP contribution >= 0.6 is 0 Å². The van der Waals surface area contributed by atoms with E-state index in [1.807, 2.05) is 24.3 Å². The first-order valence-corrected chi connectivity index (χ1v) is 23.3. The molecule has 0 aliphatic heterocycles. The summed E-state index contributed by atoms with van der Waals surface area (Å²) >= 11 is 0. The highest BCUT2D eigenvalue weighted by atomic mass is 16.6. The van der Waals surface area contributed by atoms with Crippen LogP contribution in [0, 0.1) is 0 Å². The van der Waals surface area contributed by atoms with Crippen LogP contribution in [-0.2, 0) is 19.1 Å². The van der Waals surface area contributed by atoms with Gasteiger partial charge in [0.25, 0.3) is 0 Å². The van der Waals surface area contributed by atoms with Gasteiger partial charge in [-0.15, -0.1) is 0 Å². The highest BCUT2D eigenvalue weighted by molar-refractivity contribution is 6.26. The van der Waals surface area contributed by atoms with Gasteiger partial charge in [0.05, 0.1) is 26.4 Å².